The zero-order valence-corrected chi connectivity index (χ0v) is 11.7. The number of rotatable bonds is 6. The van der Waals surface area contributed by atoms with Crippen LogP contribution < -0.4 is 4.72 Å². The topological polar surface area (TPSA) is 64.0 Å². The summed E-state index contributed by atoms with van der Waals surface area (Å²) in [5.41, 5.74) is 1.70. The first-order valence-electron chi connectivity index (χ1n) is 5.73. The van der Waals surface area contributed by atoms with Crippen LogP contribution in [-0.2, 0) is 16.6 Å². The summed E-state index contributed by atoms with van der Waals surface area (Å²) in [6.45, 7) is 0.218. The second-order valence-corrected chi connectivity index (χ2v) is 6.21. The van der Waals surface area contributed by atoms with E-state index < -0.39 is 10.0 Å². The van der Waals surface area contributed by atoms with Crippen molar-refractivity contribution in [2.75, 3.05) is 11.6 Å². The molecule has 0 aliphatic rings. The molecule has 0 saturated carbocycles. The number of para-hydroxylation sites is 1. The lowest BCUT2D eigenvalue weighted by Crippen LogP contribution is -2.27. The second-order valence-electron chi connectivity index (χ2n) is 3.91. The molecule has 5 nitrogen and oxygen atoms in total. The van der Waals surface area contributed by atoms with Gasteiger partial charge in [-0.3, -0.25) is 0 Å². The average molecular weight is 300 g/mol. The third kappa shape index (κ3) is 3.79. The van der Waals surface area contributed by atoms with Gasteiger partial charge < -0.3 is 0 Å². The Kier molecular flexibility index (Phi) is 4.57. The fraction of sp³-hybridized carbons (Fsp3) is 0.250. The first-order valence-corrected chi connectivity index (χ1v) is 7.92. The Morgan fingerprint density at radius 3 is 2.74 bits per heavy atom. The molecule has 2 rings (SSSR count). The van der Waals surface area contributed by atoms with Crippen molar-refractivity contribution in [3.63, 3.8) is 0 Å². The van der Waals surface area contributed by atoms with Gasteiger partial charge in [0.2, 0.25) is 10.0 Å². The van der Waals surface area contributed by atoms with E-state index in [0.29, 0.717) is 0 Å². The predicted octanol–water partition coefficient (Wildman–Crippen LogP) is 1.53. The van der Waals surface area contributed by atoms with Crippen LogP contribution >= 0.6 is 11.6 Å². The van der Waals surface area contributed by atoms with E-state index >= 15 is 0 Å². The molecule has 0 atom stereocenters. The minimum absolute atomic E-state index is 0.0795. The molecule has 1 heterocycles. The molecule has 1 aromatic heterocycles. The number of halogens is 1. The van der Waals surface area contributed by atoms with E-state index in [1.807, 2.05) is 36.5 Å². The van der Waals surface area contributed by atoms with Crippen molar-refractivity contribution in [3.05, 3.63) is 48.3 Å². The Morgan fingerprint density at radius 2 is 2.05 bits per heavy atom. The predicted molar refractivity (Wildman–Crippen MR) is 74.9 cm³/mol. The summed E-state index contributed by atoms with van der Waals surface area (Å²) >= 11 is 5.45. The van der Waals surface area contributed by atoms with Gasteiger partial charge in [0.25, 0.3) is 0 Å². The average Bonchev–Trinajstić information content (AvgIpc) is 2.90. The number of sulfonamides is 1. The van der Waals surface area contributed by atoms with E-state index in [1.165, 1.54) is 0 Å². The van der Waals surface area contributed by atoms with E-state index in [0.717, 1.165) is 11.3 Å². The van der Waals surface area contributed by atoms with Crippen molar-refractivity contribution in [3.8, 4) is 5.69 Å². The lowest BCUT2D eigenvalue weighted by Gasteiger charge is -2.10. The lowest BCUT2D eigenvalue weighted by atomic mass is 10.2. The van der Waals surface area contributed by atoms with E-state index in [2.05, 4.69) is 9.82 Å². The third-order valence-electron chi connectivity index (χ3n) is 2.57. The molecular formula is C12H14ClN3O2S. The monoisotopic (exact) mass is 299 g/mol. The quantitative estimate of drug-likeness (QED) is 0.823. The van der Waals surface area contributed by atoms with Crippen LogP contribution in [0, 0.1) is 0 Å². The van der Waals surface area contributed by atoms with E-state index in [9.17, 15) is 8.42 Å². The van der Waals surface area contributed by atoms with Gasteiger partial charge in [0, 0.05) is 24.8 Å². The highest BCUT2D eigenvalue weighted by Crippen LogP contribution is 2.13. The standard InChI is InChI=1S/C12H14ClN3O2S/c13-6-9-19(17,18)15-10-11-4-1-2-5-12(11)16-8-3-7-14-16/h1-5,7-8,15H,6,9-10H2. The van der Waals surface area contributed by atoms with Crippen molar-refractivity contribution in [2.45, 2.75) is 6.54 Å². The second kappa shape index (κ2) is 6.18. The number of benzene rings is 1. The Hall–Kier alpha value is -1.37. The SMILES string of the molecule is O=S(=O)(CCCl)NCc1ccccc1-n1cccn1. The van der Waals surface area contributed by atoms with Gasteiger partial charge in [-0.1, -0.05) is 18.2 Å². The minimum atomic E-state index is -3.33. The molecule has 102 valence electrons. The first-order chi connectivity index (χ1) is 9.12. The fourth-order valence-electron chi connectivity index (χ4n) is 1.66. The molecule has 0 aliphatic carbocycles. The van der Waals surface area contributed by atoms with Gasteiger partial charge in [0.05, 0.1) is 11.4 Å². The van der Waals surface area contributed by atoms with Crippen LogP contribution in [0.15, 0.2) is 42.7 Å². The van der Waals surface area contributed by atoms with Crippen molar-refractivity contribution < 1.29 is 8.42 Å². The maximum Gasteiger partial charge on any atom is 0.213 e. The summed E-state index contributed by atoms with van der Waals surface area (Å²) in [5, 5.41) is 4.15. The van der Waals surface area contributed by atoms with Gasteiger partial charge in [-0.15, -0.1) is 11.6 Å². The molecule has 1 aromatic carbocycles. The van der Waals surface area contributed by atoms with Crippen molar-refractivity contribution in [1.82, 2.24) is 14.5 Å². The van der Waals surface area contributed by atoms with Crippen LogP contribution in [0.5, 0.6) is 0 Å². The normalized spacial score (nSPS) is 11.6. The summed E-state index contributed by atoms with van der Waals surface area (Å²) in [7, 11) is -3.33. The van der Waals surface area contributed by atoms with Gasteiger partial charge >= 0.3 is 0 Å². The van der Waals surface area contributed by atoms with Crippen LogP contribution in [0.2, 0.25) is 0 Å². The van der Waals surface area contributed by atoms with Crippen LogP contribution in [-0.4, -0.2) is 29.8 Å². The Bertz CT molecular complexity index is 626. The van der Waals surface area contributed by atoms with Crippen molar-refractivity contribution in [2.24, 2.45) is 0 Å². The summed E-state index contributed by atoms with van der Waals surface area (Å²) in [4.78, 5) is 0. The highest BCUT2D eigenvalue weighted by atomic mass is 35.5. The highest BCUT2D eigenvalue weighted by molar-refractivity contribution is 7.89. The zero-order chi connectivity index (χ0) is 13.7. The van der Waals surface area contributed by atoms with E-state index in [1.54, 1.807) is 10.9 Å². The lowest BCUT2D eigenvalue weighted by molar-refractivity contribution is 0.582. The zero-order valence-electron chi connectivity index (χ0n) is 10.2. The summed E-state index contributed by atoms with van der Waals surface area (Å²) in [6, 6.07) is 9.30. The van der Waals surface area contributed by atoms with Gasteiger partial charge in [0.15, 0.2) is 0 Å². The smallest absolute Gasteiger partial charge is 0.213 e. The van der Waals surface area contributed by atoms with Crippen molar-refractivity contribution >= 4 is 21.6 Å². The number of nitrogens with zero attached hydrogens (tertiary/aromatic N) is 2. The number of aromatic nitrogens is 2. The molecule has 0 bridgehead atoms. The maximum absolute atomic E-state index is 11.6. The summed E-state index contributed by atoms with van der Waals surface area (Å²) in [6.07, 6.45) is 3.49. The molecule has 0 spiro atoms. The molecule has 1 N–H and O–H groups in total. The number of hydrogen-bond acceptors (Lipinski definition) is 3. The van der Waals surface area contributed by atoms with Crippen LogP contribution in [0.4, 0.5) is 0 Å². The molecule has 0 aliphatic heterocycles. The van der Waals surface area contributed by atoms with Gasteiger partial charge in [0.1, 0.15) is 0 Å². The minimum Gasteiger partial charge on any atom is -0.241 e. The number of alkyl halides is 1. The van der Waals surface area contributed by atoms with Crippen LogP contribution in [0.25, 0.3) is 5.69 Å². The molecule has 7 heteroatoms. The Balaban J connectivity index is 2.18. The number of nitrogens with one attached hydrogen (secondary N) is 1. The van der Waals surface area contributed by atoms with Crippen LogP contribution in [0.3, 0.4) is 0 Å². The number of hydrogen-bond donors (Lipinski definition) is 1. The summed E-state index contributed by atoms with van der Waals surface area (Å²) < 4.78 is 27.4. The Labute approximate surface area is 117 Å². The largest absolute Gasteiger partial charge is 0.241 e. The van der Waals surface area contributed by atoms with Crippen LogP contribution in [0.1, 0.15) is 5.56 Å². The summed E-state index contributed by atoms with van der Waals surface area (Å²) in [5.74, 6) is -0.00533. The third-order valence-corrected chi connectivity index (χ3v) is 4.31. The first kappa shape index (κ1) is 14.0. The molecule has 0 unspecified atom stereocenters. The molecule has 2 aromatic rings. The fourth-order valence-corrected chi connectivity index (χ4v) is 2.99. The molecule has 0 saturated heterocycles. The molecular weight excluding hydrogens is 286 g/mol. The van der Waals surface area contributed by atoms with Gasteiger partial charge in [-0.25, -0.2) is 17.8 Å². The molecule has 0 fully saturated rings. The van der Waals surface area contributed by atoms with E-state index in [-0.39, 0.29) is 18.2 Å². The van der Waals surface area contributed by atoms with Gasteiger partial charge in [-0.05, 0) is 17.7 Å². The molecule has 0 radical (unpaired) electrons. The van der Waals surface area contributed by atoms with Crippen molar-refractivity contribution in [1.29, 1.82) is 0 Å². The van der Waals surface area contributed by atoms with Gasteiger partial charge in [-0.2, -0.15) is 5.10 Å². The molecule has 0 amide bonds. The van der Waals surface area contributed by atoms with E-state index in [4.69, 9.17) is 11.6 Å². The molecule has 19 heavy (non-hydrogen) atoms. The Morgan fingerprint density at radius 1 is 1.26 bits per heavy atom. The maximum atomic E-state index is 11.6. The highest BCUT2D eigenvalue weighted by Gasteiger charge is 2.11.